The molecule has 0 aromatic carbocycles. The number of carbonyl (C=O) groups is 3. The lowest BCUT2D eigenvalue weighted by atomic mass is 10.0. The molecule has 6 heteroatoms. The van der Waals surface area contributed by atoms with E-state index in [4.69, 9.17) is 14.2 Å². The van der Waals surface area contributed by atoms with Crippen LogP contribution in [0.15, 0.2) is 72.9 Å². The number of unbranched alkanes of at least 4 members (excludes halogenated alkanes) is 22. The lowest BCUT2D eigenvalue weighted by Crippen LogP contribution is -2.30. The quantitative estimate of drug-likeness (QED) is 0.0263. The summed E-state index contributed by atoms with van der Waals surface area (Å²) >= 11 is 0. The summed E-state index contributed by atoms with van der Waals surface area (Å²) in [6, 6.07) is 0. The molecule has 0 saturated heterocycles. The van der Waals surface area contributed by atoms with Crippen LogP contribution in [-0.4, -0.2) is 37.2 Å². The van der Waals surface area contributed by atoms with Gasteiger partial charge in [-0.05, 0) is 83.5 Å². The Morgan fingerprint density at radius 1 is 0.344 bits per heavy atom. The van der Waals surface area contributed by atoms with E-state index >= 15 is 0 Å². The molecule has 61 heavy (non-hydrogen) atoms. The Bertz CT molecular complexity index is 1160. The molecule has 0 bridgehead atoms. The third-order valence-electron chi connectivity index (χ3n) is 10.7. The van der Waals surface area contributed by atoms with Gasteiger partial charge in [-0.15, -0.1) is 0 Å². The van der Waals surface area contributed by atoms with Crippen molar-refractivity contribution in [1.29, 1.82) is 0 Å². The van der Waals surface area contributed by atoms with Gasteiger partial charge < -0.3 is 14.2 Å². The van der Waals surface area contributed by atoms with Gasteiger partial charge in [0.15, 0.2) is 6.10 Å². The van der Waals surface area contributed by atoms with E-state index in [1.165, 1.54) is 64.2 Å². The highest BCUT2D eigenvalue weighted by Gasteiger charge is 2.19. The van der Waals surface area contributed by atoms with Crippen molar-refractivity contribution in [3.05, 3.63) is 72.9 Å². The van der Waals surface area contributed by atoms with Crippen molar-refractivity contribution in [2.24, 2.45) is 0 Å². The summed E-state index contributed by atoms with van der Waals surface area (Å²) in [6.07, 6.45) is 61.6. The molecule has 0 aliphatic carbocycles. The normalized spacial score (nSPS) is 12.6. The molecule has 0 heterocycles. The number of esters is 3. The highest BCUT2D eigenvalue weighted by molar-refractivity contribution is 5.71. The maximum Gasteiger partial charge on any atom is 0.306 e. The maximum atomic E-state index is 12.8. The first-order valence-corrected chi connectivity index (χ1v) is 25.4. The van der Waals surface area contributed by atoms with Crippen LogP contribution in [-0.2, 0) is 28.6 Å². The summed E-state index contributed by atoms with van der Waals surface area (Å²) in [7, 11) is 0. The molecule has 0 unspecified atom stereocenters. The van der Waals surface area contributed by atoms with Gasteiger partial charge in [-0.25, -0.2) is 0 Å². The molecule has 0 fully saturated rings. The molecule has 0 aliphatic heterocycles. The summed E-state index contributed by atoms with van der Waals surface area (Å²) in [4.78, 5) is 38.0. The lowest BCUT2D eigenvalue weighted by molar-refractivity contribution is -0.167. The third kappa shape index (κ3) is 47.7. The smallest absolute Gasteiger partial charge is 0.306 e. The zero-order valence-corrected chi connectivity index (χ0v) is 39.9. The van der Waals surface area contributed by atoms with E-state index in [1.807, 2.05) is 0 Å². The van der Waals surface area contributed by atoms with Gasteiger partial charge >= 0.3 is 17.9 Å². The van der Waals surface area contributed by atoms with Crippen molar-refractivity contribution >= 4 is 17.9 Å². The highest BCUT2D eigenvalue weighted by atomic mass is 16.6. The molecule has 0 saturated carbocycles. The van der Waals surface area contributed by atoms with Gasteiger partial charge in [0.05, 0.1) is 0 Å². The van der Waals surface area contributed by atoms with Crippen molar-refractivity contribution in [2.45, 2.75) is 245 Å². The zero-order valence-electron chi connectivity index (χ0n) is 39.9. The Balaban J connectivity index is 4.43. The van der Waals surface area contributed by atoms with Crippen LogP contribution < -0.4 is 0 Å². The third-order valence-corrected chi connectivity index (χ3v) is 10.7. The molecule has 0 aliphatic rings. The van der Waals surface area contributed by atoms with Crippen molar-refractivity contribution < 1.29 is 28.6 Å². The number of hydrogen-bond acceptors (Lipinski definition) is 6. The van der Waals surface area contributed by atoms with Crippen molar-refractivity contribution in [2.75, 3.05) is 13.2 Å². The van der Waals surface area contributed by atoms with Gasteiger partial charge in [-0.1, -0.05) is 209 Å². The van der Waals surface area contributed by atoms with Crippen molar-refractivity contribution in [1.82, 2.24) is 0 Å². The average molecular weight is 851 g/mol. The second-order valence-electron chi connectivity index (χ2n) is 16.7. The first-order valence-electron chi connectivity index (χ1n) is 25.4. The molecule has 0 N–H and O–H groups in total. The fourth-order valence-electron chi connectivity index (χ4n) is 6.94. The van der Waals surface area contributed by atoms with Crippen LogP contribution in [0.25, 0.3) is 0 Å². The molecular weight excluding hydrogens is 757 g/mol. The second-order valence-corrected chi connectivity index (χ2v) is 16.7. The van der Waals surface area contributed by atoms with E-state index in [0.717, 1.165) is 135 Å². The van der Waals surface area contributed by atoms with E-state index < -0.39 is 6.10 Å². The van der Waals surface area contributed by atoms with Gasteiger partial charge in [0, 0.05) is 19.3 Å². The van der Waals surface area contributed by atoms with E-state index in [2.05, 4.69) is 93.7 Å². The molecule has 0 aromatic heterocycles. The fourth-order valence-corrected chi connectivity index (χ4v) is 6.94. The summed E-state index contributed by atoms with van der Waals surface area (Å²) in [5, 5.41) is 0. The largest absolute Gasteiger partial charge is 0.462 e. The maximum absolute atomic E-state index is 12.8. The minimum atomic E-state index is -0.789. The monoisotopic (exact) mass is 851 g/mol. The van der Waals surface area contributed by atoms with Crippen molar-refractivity contribution in [3.8, 4) is 0 Å². The Kier molecular flexibility index (Phi) is 46.9. The number of rotatable bonds is 45. The SMILES string of the molecule is CC/C=C\C/C=C\C/C=C\CCCCCCCC(=O)OC[C@H](COC(=O)CCCCCCCCCCCCCCC)OC(=O)CCCCCCC/C=C\C/C=C\C/C=C\CC. The first kappa shape index (κ1) is 57.9. The fraction of sp³-hybridized carbons (Fsp3) is 0.727. The predicted octanol–water partition coefficient (Wildman–Crippen LogP) is 16.6. The highest BCUT2D eigenvalue weighted by Crippen LogP contribution is 2.15. The standard InChI is InChI=1S/C55H94O6/c1-4-7-10-13-16-19-22-25-27-30-33-36-39-42-45-48-54(57)60-51-52(50-59-53(56)47-44-41-38-35-32-29-24-21-18-15-12-9-6-3)61-55(58)49-46-43-40-37-34-31-28-26-23-20-17-14-11-8-5-2/h7-8,10-11,16-17,19-20,25-28,52H,4-6,9,12-15,18,21-24,29-51H2,1-3H3/b10-7-,11-8-,19-16-,20-17-,27-25-,28-26-/t52-/m0/s1. The molecule has 0 amide bonds. The number of carbonyl (C=O) groups excluding carboxylic acids is 3. The number of hydrogen-bond donors (Lipinski definition) is 0. The Morgan fingerprint density at radius 2 is 0.639 bits per heavy atom. The Morgan fingerprint density at radius 3 is 1.00 bits per heavy atom. The predicted molar refractivity (Wildman–Crippen MR) is 261 cm³/mol. The summed E-state index contributed by atoms with van der Waals surface area (Å²) < 4.78 is 16.8. The zero-order chi connectivity index (χ0) is 44.4. The van der Waals surface area contributed by atoms with E-state index in [1.54, 1.807) is 0 Å². The summed E-state index contributed by atoms with van der Waals surface area (Å²) in [6.45, 7) is 6.39. The molecule has 1 atom stereocenters. The Labute approximate surface area is 376 Å². The van der Waals surface area contributed by atoms with Gasteiger partial charge in [0.2, 0.25) is 0 Å². The molecule has 0 radical (unpaired) electrons. The molecule has 6 nitrogen and oxygen atoms in total. The van der Waals surface area contributed by atoms with Crippen LogP contribution in [0.4, 0.5) is 0 Å². The van der Waals surface area contributed by atoms with Crippen LogP contribution >= 0.6 is 0 Å². The number of ether oxygens (including phenoxy) is 3. The first-order chi connectivity index (χ1) is 30.0. The van der Waals surface area contributed by atoms with E-state index in [-0.39, 0.29) is 31.1 Å². The molecular formula is C55H94O6. The summed E-state index contributed by atoms with van der Waals surface area (Å²) in [5.74, 6) is -0.919. The van der Waals surface area contributed by atoms with Crippen LogP contribution in [0.2, 0.25) is 0 Å². The van der Waals surface area contributed by atoms with Gasteiger partial charge in [-0.2, -0.15) is 0 Å². The molecule has 0 rings (SSSR count). The van der Waals surface area contributed by atoms with Gasteiger partial charge in [0.25, 0.3) is 0 Å². The Hall–Kier alpha value is -3.15. The van der Waals surface area contributed by atoms with Crippen LogP contribution in [0.3, 0.4) is 0 Å². The van der Waals surface area contributed by atoms with Crippen molar-refractivity contribution in [3.63, 3.8) is 0 Å². The molecule has 350 valence electrons. The van der Waals surface area contributed by atoms with Crippen LogP contribution in [0.1, 0.15) is 239 Å². The minimum Gasteiger partial charge on any atom is -0.462 e. The van der Waals surface area contributed by atoms with Crippen LogP contribution in [0.5, 0.6) is 0 Å². The number of allylic oxidation sites excluding steroid dienone is 12. The van der Waals surface area contributed by atoms with Crippen LogP contribution in [0, 0.1) is 0 Å². The second kappa shape index (κ2) is 49.5. The van der Waals surface area contributed by atoms with Gasteiger partial charge in [0.1, 0.15) is 13.2 Å². The van der Waals surface area contributed by atoms with E-state index in [0.29, 0.717) is 19.3 Å². The molecule has 0 spiro atoms. The topological polar surface area (TPSA) is 78.9 Å². The lowest BCUT2D eigenvalue weighted by Gasteiger charge is -2.18. The molecule has 0 aromatic rings. The average Bonchev–Trinajstić information content (AvgIpc) is 3.26. The summed E-state index contributed by atoms with van der Waals surface area (Å²) in [5.41, 5.74) is 0. The minimum absolute atomic E-state index is 0.0868. The van der Waals surface area contributed by atoms with Gasteiger partial charge in [-0.3, -0.25) is 14.4 Å². The van der Waals surface area contributed by atoms with E-state index in [9.17, 15) is 14.4 Å².